The van der Waals surface area contributed by atoms with Gasteiger partial charge in [0.25, 0.3) is 0 Å². The van der Waals surface area contributed by atoms with E-state index in [1.807, 2.05) is 6.08 Å². The van der Waals surface area contributed by atoms with Crippen LogP contribution in [0.25, 0.3) is 6.08 Å². The van der Waals surface area contributed by atoms with E-state index in [1.165, 1.54) is 0 Å². The molecule has 0 saturated heterocycles. The molecule has 3 heteroatoms. The van der Waals surface area contributed by atoms with E-state index in [0.29, 0.717) is 11.3 Å². The van der Waals surface area contributed by atoms with Crippen LogP contribution in [0.2, 0.25) is 0 Å². The topological polar surface area (TPSA) is 35.5 Å². The van der Waals surface area contributed by atoms with Gasteiger partial charge in [0.15, 0.2) is 6.29 Å². The highest BCUT2D eigenvalue weighted by molar-refractivity contribution is 5.85. The lowest BCUT2D eigenvalue weighted by atomic mass is 9.93. The van der Waals surface area contributed by atoms with Crippen LogP contribution in [-0.2, 0) is 6.42 Å². The van der Waals surface area contributed by atoms with E-state index in [1.54, 1.807) is 20.3 Å². The summed E-state index contributed by atoms with van der Waals surface area (Å²) in [5, 5.41) is 0. The molecule has 3 nitrogen and oxygen atoms in total. The summed E-state index contributed by atoms with van der Waals surface area (Å²) < 4.78 is 10.6. The predicted octanol–water partition coefficient (Wildman–Crippen LogP) is 2.48. The third kappa shape index (κ3) is 1.58. The van der Waals surface area contributed by atoms with Crippen LogP contribution in [0.3, 0.4) is 0 Å². The van der Waals surface area contributed by atoms with Gasteiger partial charge in [-0.25, -0.2) is 0 Å². The molecule has 0 aliphatic heterocycles. The van der Waals surface area contributed by atoms with E-state index in [9.17, 15) is 4.79 Å². The van der Waals surface area contributed by atoms with E-state index in [4.69, 9.17) is 9.47 Å². The number of ether oxygens (including phenoxy) is 2. The Morgan fingerprint density at radius 3 is 2.75 bits per heavy atom. The molecule has 0 saturated carbocycles. The molecule has 84 valence electrons. The minimum Gasteiger partial charge on any atom is -0.496 e. The smallest absolute Gasteiger partial charge is 0.153 e. The highest BCUT2D eigenvalue weighted by Gasteiger charge is 2.18. The first-order valence-electron chi connectivity index (χ1n) is 5.21. The first-order valence-corrected chi connectivity index (χ1v) is 5.21. The lowest BCUT2D eigenvalue weighted by Crippen LogP contribution is -2.04. The Bertz CT molecular complexity index is 447. The summed E-state index contributed by atoms with van der Waals surface area (Å²) in [6, 6.07) is 1.74. The SMILES string of the molecule is COc1cc(C=O)c(OC)c2c1CCC=C2. The van der Waals surface area contributed by atoms with Gasteiger partial charge in [0.05, 0.1) is 19.8 Å². The van der Waals surface area contributed by atoms with Gasteiger partial charge in [-0.1, -0.05) is 12.2 Å². The predicted molar refractivity (Wildman–Crippen MR) is 62.3 cm³/mol. The van der Waals surface area contributed by atoms with E-state index in [-0.39, 0.29) is 0 Å². The van der Waals surface area contributed by atoms with Crippen LogP contribution < -0.4 is 9.47 Å². The Morgan fingerprint density at radius 1 is 1.31 bits per heavy atom. The van der Waals surface area contributed by atoms with Gasteiger partial charge < -0.3 is 9.47 Å². The number of carbonyl (C=O) groups is 1. The molecule has 0 aromatic heterocycles. The number of benzene rings is 1. The average molecular weight is 218 g/mol. The summed E-state index contributed by atoms with van der Waals surface area (Å²) in [6.45, 7) is 0. The largest absolute Gasteiger partial charge is 0.496 e. The van der Waals surface area contributed by atoms with Gasteiger partial charge in [0, 0.05) is 11.1 Å². The normalized spacial score (nSPS) is 13.1. The zero-order valence-corrected chi connectivity index (χ0v) is 9.45. The lowest BCUT2D eigenvalue weighted by Gasteiger charge is -2.19. The number of hydrogen-bond donors (Lipinski definition) is 0. The third-order valence-corrected chi connectivity index (χ3v) is 2.81. The number of aldehydes is 1. The van der Waals surface area contributed by atoms with Crippen molar-refractivity contribution in [3.63, 3.8) is 0 Å². The second-order valence-corrected chi connectivity index (χ2v) is 3.65. The molecule has 0 amide bonds. The maximum atomic E-state index is 11.0. The molecule has 0 N–H and O–H groups in total. The molecule has 0 fully saturated rings. The maximum absolute atomic E-state index is 11.0. The van der Waals surface area contributed by atoms with Crippen molar-refractivity contribution in [3.8, 4) is 11.5 Å². The summed E-state index contributed by atoms with van der Waals surface area (Å²) in [6.07, 6.45) is 6.79. The molecule has 1 aliphatic rings. The fourth-order valence-electron chi connectivity index (χ4n) is 2.08. The molecule has 0 bridgehead atoms. The first-order chi connectivity index (χ1) is 7.81. The van der Waals surface area contributed by atoms with Gasteiger partial charge in [-0.05, 0) is 18.9 Å². The Balaban J connectivity index is 2.71. The molecule has 1 aromatic carbocycles. The number of rotatable bonds is 3. The molecule has 0 spiro atoms. The Labute approximate surface area is 94.7 Å². The molecule has 16 heavy (non-hydrogen) atoms. The minimum absolute atomic E-state index is 0.532. The zero-order chi connectivity index (χ0) is 11.5. The van der Waals surface area contributed by atoms with Crippen molar-refractivity contribution in [2.45, 2.75) is 12.8 Å². The van der Waals surface area contributed by atoms with Gasteiger partial charge >= 0.3 is 0 Å². The third-order valence-electron chi connectivity index (χ3n) is 2.81. The monoisotopic (exact) mass is 218 g/mol. The summed E-state index contributed by atoms with van der Waals surface area (Å²) >= 11 is 0. The van der Waals surface area contributed by atoms with Crippen LogP contribution in [-0.4, -0.2) is 20.5 Å². The lowest BCUT2D eigenvalue weighted by molar-refractivity contribution is 0.112. The Hall–Kier alpha value is -1.77. The number of carbonyl (C=O) groups excluding carboxylic acids is 1. The van der Waals surface area contributed by atoms with Crippen molar-refractivity contribution >= 4 is 12.4 Å². The van der Waals surface area contributed by atoms with Crippen LogP contribution >= 0.6 is 0 Å². The molecule has 1 aliphatic carbocycles. The van der Waals surface area contributed by atoms with Crippen molar-refractivity contribution in [2.75, 3.05) is 14.2 Å². The highest BCUT2D eigenvalue weighted by atomic mass is 16.5. The number of methoxy groups -OCH3 is 2. The number of hydrogen-bond acceptors (Lipinski definition) is 3. The number of allylic oxidation sites excluding steroid dienone is 1. The second kappa shape index (κ2) is 4.39. The number of fused-ring (bicyclic) bond motifs is 1. The van der Waals surface area contributed by atoms with Crippen molar-refractivity contribution < 1.29 is 14.3 Å². The van der Waals surface area contributed by atoms with Gasteiger partial charge in [-0.3, -0.25) is 4.79 Å². The van der Waals surface area contributed by atoms with E-state index >= 15 is 0 Å². The first kappa shape index (κ1) is 10.7. The van der Waals surface area contributed by atoms with Gasteiger partial charge in [-0.15, -0.1) is 0 Å². The summed E-state index contributed by atoms with van der Waals surface area (Å²) in [4.78, 5) is 11.0. The highest BCUT2D eigenvalue weighted by Crippen LogP contribution is 2.37. The molecule has 1 aromatic rings. The van der Waals surface area contributed by atoms with Crippen molar-refractivity contribution in [3.05, 3.63) is 28.8 Å². The van der Waals surface area contributed by atoms with Crippen LogP contribution in [0.15, 0.2) is 12.1 Å². The molecule has 2 rings (SSSR count). The Morgan fingerprint density at radius 2 is 2.12 bits per heavy atom. The van der Waals surface area contributed by atoms with Crippen LogP contribution in [0.1, 0.15) is 27.9 Å². The second-order valence-electron chi connectivity index (χ2n) is 3.65. The summed E-state index contributed by atoms with van der Waals surface area (Å²) in [7, 11) is 3.20. The van der Waals surface area contributed by atoms with E-state index < -0.39 is 0 Å². The van der Waals surface area contributed by atoms with Gasteiger partial charge in [0.1, 0.15) is 11.5 Å². The molecule has 0 heterocycles. The molecule has 0 atom stereocenters. The quantitative estimate of drug-likeness (QED) is 0.731. The van der Waals surface area contributed by atoms with Gasteiger partial charge in [0.2, 0.25) is 0 Å². The molecule has 0 unspecified atom stereocenters. The standard InChI is InChI=1S/C13H14O3/c1-15-12-7-9(8-14)13(16-2)11-6-4-3-5-10(11)12/h4,6-8H,3,5H2,1-2H3. The van der Waals surface area contributed by atoms with Crippen LogP contribution in [0.5, 0.6) is 11.5 Å². The van der Waals surface area contributed by atoms with Gasteiger partial charge in [-0.2, -0.15) is 0 Å². The molecule has 0 radical (unpaired) electrons. The fraction of sp³-hybridized carbons (Fsp3) is 0.308. The van der Waals surface area contributed by atoms with Crippen molar-refractivity contribution in [1.82, 2.24) is 0 Å². The van der Waals surface area contributed by atoms with E-state index in [2.05, 4.69) is 6.08 Å². The minimum atomic E-state index is 0.532. The van der Waals surface area contributed by atoms with Crippen molar-refractivity contribution in [2.24, 2.45) is 0 Å². The summed E-state index contributed by atoms with van der Waals surface area (Å²) in [5.74, 6) is 1.41. The molecular formula is C13H14O3. The fourth-order valence-corrected chi connectivity index (χ4v) is 2.08. The van der Waals surface area contributed by atoms with Crippen LogP contribution in [0, 0.1) is 0 Å². The Kier molecular flexibility index (Phi) is 2.95. The molecular weight excluding hydrogens is 204 g/mol. The summed E-state index contributed by atoms with van der Waals surface area (Å²) in [5.41, 5.74) is 2.62. The van der Waals surface area contributed by atoms with Crippen LogP contribution in [0.4, 0.5) is 0 Å². The zero-order valence-electron chi connectivity index (χ0n) is 9.45. The van der Waals surface area contributed by atoms with E-state index in [0.717, 1.165) is 36.0 Å². The maximum Gasteiger partial charge on any atom is 0.153 e. The van der Waals surface area contributed by atoms with Crippen molar-refractivity contribution in [1.29, 1.82) is 0 Å². The average Bonchev–Trinajstić information content (AvgIpc) is 2.36.